The Bertz CT molecular complexity index is 933. The second kappa shape index (κ2) is 9.48. The lowest BCUT2D eigenvalue weighted by atomic mass is 10.0. The van der Waals surface area contributed by atoms with Crippen LogP contribution in [0, 0.1) is 0 Å². The van der Waals surface area contributed by atoms with Gasteiger partial charge in [0.1, 0.15) is 12.4 Å². The molecule has 0 unspecified atom stereocenters. The van der Waals surface area contributed by atoms with E-state index in [1.807, 2.05) is 42.5 Å². The van der Waals surface area contributed by atoms with Gasteiger partial charge < -0.3 is 14.2 Å². The van der Waals surface area contributed by atoms with Gasteiger partial charge in [-0.25, -0.2) is 9.59 Å². The molecule has 28 heavy (non-hydrogen) atoms. The van der Waals surface area contributed by atoms with Crippen molar-refractivity contribution in [3.63, 3.8) is 0 Å². The Labute approximate surface area is 163 Å². The largest absolute Gasteiger partial charge is 0.460 e. The molecule has 0 N–H and O–H groups in total. The molecule has 3 aromatic carbocycles. The number of carbonyl (C=O) groups is 2. The van der Waals surface area contributed by atoms with Crippen LogP contribution >= 0.6 is 0 Å². The normalized spacial score (nSPS) is 10.3. The number of hydrogen-bond acceptors (Lipinski definition) is 5. The van der Waals surface area contributed by atoms with Crippen LogP contribution in [0.5, 0.6) is 5.75 Å². The van der Waals surface area contributed by atoms with Crippen molar-refractivity contribution in [2.45, 2.75) is 0 Å². The van der Waals surface area contributed by atoms with Crippen molar-refractivity contribution in [2.24, 2.45) is 0 Å². The van der Waals surface area contributed by atoms with Gasteiger partial charge in [-0.1, -0.05) is 48.5 Å². The summed E-state index contributed by atoms with van der Waals surface area (Å²) in [6, 6.07) is 23.4. The zero-order valence-corrected chi connectivity index (χ0v) is 15.5. The Hall–Kier alpha value is -3.44. The molecule has 142 valence electrons. The van der Waals surface area contributed by atoms with Gasteiger partial charge in [0, 0.05) is 7.11 Å². The first-order valence-corrected chi connectivity index (χ1v) is 8.81. The van der Waals surface area contributed by atoms with Gasteiger partial charge in [-0.15, -0.1) is 0 Å². The van der Waals surface area contributed by atoms with Crippen molar-refractivity contribution in [3.8, 4) is 16.9 Å². The van der Waals surface area contributed by atoms with Crippen molar-refractivity contribution in [1.82, 2.24) is 0 Å². The molecule has 5 nitrogen and oxygen atoms in total. The Kier molecular flexibility index (Phi) is 6.54. The Morgan fingerprint density at radius 3 is 2.14 bits per heavy atom. The maximum Gasteiger partial charge on any atom is 0.343 e. The lowest BCUT2D eigenvalue weighted by Crippen LogP contribution is -2.11. The zero-order chi connectivity index (χ0) is 19.8. The highest BCUT2D eigenvalue weighted by Gasteiger charge is 2.12. The summed E-state index contributed by atoms with van der Waals surface area (Å²) in [6.45, 7) is 0.479. The predicted molar refractivity (Wildman–Crippen MR) is 105 cm³/mol. The number of benzene rings is 3. The van der Waals surface area contributed by atoms with E-state index in [1.54, 1.807) is 30.3 Å². The summed E-state index contributed by atoms with van der Waals surface area (Å²) < 4.78 is 15.3. The molecule has 0 saturated carbocycles. The molecule has 3 aromatic rings. The van der Waals surface area contributed by atoms with E-state index in [0.29, 0.717) is 17.7 Å². The third-order valence-corrected chi connectivity index (χ3v) is 4.03. The minimum atomic E-state index is -0.498. The number of carbonyl (C=O) groups excluding carboxylic acids is 2. The van der Waals surface area contributed by atoms with Gasteiger partial charge in [-0.2, -0.15) is 0 Å². The Morgan fingerprint density at radius 1 is 0.714 bits per heavy atom. The molecule has 3 rings (SSSR count). The maximum atomic E-state index is 12.4. The number of rotatable bonds is 7. The van der Waals surface area contributed by atoms with Crippen molar-refractivity contribution in [1.29, 1.82) is 0 Å². The number of esters is 2. The van der Waals surface area contributed by atoms with E-state index in [0.717, 1.165) is 11.1 Å². The number of hydrogen-bond donors (Lipinski definition) is 0. The van der Waals surface area contributed by atoms with Gasteiger partial charge in [0.2, 0.25) is 0 Å². The van der Waals surface area contributed by atoms with E-state index >= 15 is 0 Å². The van der Waals surface area contributed by atoms with E-state index in [2.05, 4.69) is 0 Å². The van der Waals surface area contributed by atoms with Gasteiger partial charge in [-0.05, 0) is 41.5 Å². The molecule has 0 heterocycles. The standard InChI is InChI=1S/C23H20O5/c1-26-14-15-27-22(24)20-8-5-9-21(16-20)28-23(25)19-12-10-18(11-13-19)17-6-3-2-4-7-17/h2-13,16H,14-15H2,1H3. The quantitative estimate of drug-likeness (QED) is 0.348. The highest BCUT2D eigenvalue weighted by Crippen LogP contribution is 2.21. The van der Waals surface area contributed by atoms with E-state index in [9.17, 15) is 9.59 Å². The van der Waals surface area contributed by atoms with Crippen molar-refractivity contribution < 1.29 is 23.8 Å². The fourth-order valence-corrected chi connectivity index (χ4v) is 2.58. The average Bonchev–Trinajstić information content (AvgIpc) is 2.75. The number of ether oxygens (including phenoxy) is 3. The molecule has 0 fully saturated rings. The summed E-state index contributed by atoms with van der Waals surface area (Å²) in [6.07, 6.45) is 0. The number of methoxy groups -OCH3 is 1. The molecule has 0 spiro atoms. The van der Waals surface area contributed by atoms with Crippen LogP contribution < -0.4 is 4.74 Å². The molecule has 0 aliphatic carbocycles. The van der Waals surface area contributed by atoms with Crippen molar-refractivity contribution in [3.05, 3.63) is 90.0 Å². The SMILES string of the molecule is COCCOC(=O)c1cccc(OC(=O)c2ccc(-c3ccccc3)cc2)c1. The monoisotopic (exact) mass is 376 g/mol. The lowest BCUT2D eigenvalue weighted by molar-refractivity contribution is 0.0387. The van der Waals surface area contributed by atoms with Crippen LogP contribution in [-0.4, -0.2) is 32.3 Å². The Morgan fingerprint density at radius 2 is 1.43 bits per heavy atom. The molecular weight excluding hydrogens is 356 g/mol. The molecule has 0 aromatic heterocycles. The van der Waals surface area contributed by atoms with Crippen LogP contribution in [0.4, 0.5) is 0 Å². The summed E-state index contributed by atoms with van der Waals surface area (Å²) in [5, 5.41) is 0. The van der Waals surface area contributed by atoms with Crippen molar-refractivity contribution >= 4 is 11.9 Å². The summed E-state index contributed by atoms with van der Waals surface area (Å²) in [5.74, 6) is -0.718. The minimum absolute atomic E-state index is 0.160. The molecule has 5 heteroatoms. The van der Waals surface area contributed by atoms with Crippen LogP contribution in [0.1, 0.15) is 20.7 Å². The zero-order valence-electron chi connectivity index (χ0n) is 15.5. The van der Waals surface area contributed by atoms with Gasteiger partial charge in [0.05, 0.1) is 17.7 Å². The topological polar surface area (TPSA) is 61.8 Å². The van der Waals surface area contributed by atoms with E-state index < -0.39 is 11.9 Å². The van der Waals surface area contributed by atoms with Gasteiger partial charge >= 0.3 is 11.9 Å². The molecular formula is C23H20O5. The summed E-state index contributed by atoms with van der Waals surface area (Å²) in [5.41, 5.74) is 2.81. The van der Waals surface area contributed by atoms with Crippen LogP contribution in [0.2, 0.25) is 0 Å². The first kappa shape index (κ1) is 19.3. The van der Waals surface area contributed by atoms with E-state index in [-0.39, 0.29) is 12.4 Å². The Balaban J connectivity index is 1.66. The highest BCUT2D eigenvalue weighted by molar-refractivity contribution is 5.93. The summed E-state index contributed by atoms with van der Waals surface area (Å²) in [4.78, 5) is 24.4. The third kappa shape index (κ3) is 5.05. The molecule has 0 radical (unpaired) electrons. The second-order valence-corrected chi connectivity index (χ2v) is 5.99. The van der Waals surface area contributed by atoms with Crippen molar-refractivity contribution in [2.75, 3.05) is 20.3 Å². The molecule has 0 aliphatic heterocycles. The van der Waals surface area contributed by atoms with Gasteiger partial charge in [0.15, 0.2) is 0 Å². The predicted octanol–water partition coefficient (Wildman–Crippen LogP) is 4.38. The molecule has 0 atom stereocenters. The highest BCUT2D eigenvalue weighted by atomic mass is 16.6. The lowest BCUT2D eigenvalue weighted by Gasteiger charge is -2.08. The van der Waals surface area contributed by atoms with Gasteiger partial charge in [0.25, 0.3) is 0 Å². The average molecular weight is 376 g/mol. The smallest absolute Gasteiger partial charge is 0.343 e. The van der Waals surface area contributed by atoms with Crippen LogP contribution in [0.25, 0.3) is 11.1 Å². The third-order valence-electron chi connectivity index (χ3n) is 4.03. The van der Waals surface area contributed by atoms with Crippen LogP contribution in [0.15, 0.2) is 78.9 Å². The molecule has 0 bridgehead atoms. The molecule has 0 amide bonds. The van der Waals surface area contributed by atoms with E-state index in [1.165, 1.54) is 13.2 Å². The minimum Gasteiger partial charge on any atom is -0.460 e. The first-order chi connectivity index (χ1) is 13.7. The van der Waals surface area contributed by atoms with Crippen LogP contribution in [0.3, 0.4) is 0 Å². The second-order valence-electron chi connectivity index (χ2n) is 5.99. The fourth-order valence-electron chi connectivity index (χ4n) is 2.58. The fraction of sp³-hybridized carbons (Fsp3) is 0.130. The molecule has 0 saturated heterocycles. The first-order valence-electron chi connectivity index (χ1n) is 8.81. The molecule has 0 aliphatic rings. The summed E-state index contributed by atoms with van der Waals surface area (Å²) >= 11 is 0. The van der Waals surface area contributed by atoms with Gasteiger partial charge in [-0.3, -0.25) is 0 Å². The van der Waals surface area contributed by atoms with E-state index in [4.69, 9.17) is 14.2 Å². The summed E-state index contributed by atoms with van der Waals surface area (Å²) in [7, 11) is 1.53. The maximum absolute atomic E-state index is 12.4. The van der Waals surface area contributed by atoms with Crippen LogP contribution in [-0.2, 0) is 9.47 Å².